The fourth-order valence-electron chi connectivity index (χ4n) is 4.67. The second kappa shape index (κ2) is 28.2. The van der Waals surface area contributed by atoms with Gasteiger partial charge in [-0.05, 0) is 12.8 Å². The van der Waals surface area contributed by atoms with Crippen LogP contribution in [0.5, 0.6) is 0 Å². The Morgan fingerprint density at radius 2 is 0.900 bits per heavy atom. The molecule has 1 atom stereocenters. The molecule has 0 amide bonds. The smallest absolute Gasteiger partial charge is 0.462 e. The Bertz CT molecular complexity index is 637. The molecule has 0 aromatic rings. The van der Waals surface area contributed by atoms with Crippen LogP contribution in [0.4, 0.5) is 0 Å². The van der Waals surface area contributed by atoms with Crippen molar-refractivity contribution >= 4 is 19.8 Å². The summed E-state index contributed by atoms with van der Waals surface area (Å²) < 4.78 is 26.1. The Labute approximate surface area is 244 Å². The van der Waals surface area contributed by atoms with Crippen LogP contribution in [-0.2, 0) is 28.2 Å². The lowest BCUT2D eigenvalue weighted by molar-refractivity contribution is -0.161. The minimum absolute atomic E-state index is 0.216. The maximum atomic E-state index is 12.2. The van der Waals surface area contributed by atoms with Crippen molar-refractivity contribution in [3.05, 3.63) is 0 Å². The maximum Gasteiger partial charge on any atom is 0.469 e. The Morgan fingerprint density at radius 1 is 0.550 bits per heavy atom. The lowest BCUT2D eigenvalue weighted by Gasteiger charge is -2.18. The van der Waals surface area contributed by atoms with E-state index in [2.05, 4.69) is 18.4 Å². The van der Waals surface area contributed by atoms with Crippen molar-refractivity contribution < 1.29 is 37.9 Å². The number of carbonyl (C=O) groups excluding carboxylic acids is 2. The van der Waals surface area contributed by atoms with Gasteiger partial charge in [0.15, 0.2) is 6.10 Å². The third kappa shape index (κ3) is 30.0. The second-order valence-electron chi connectivity index (χ2n) is 11.2. The highest BCUT2D eigenvalue weighted by Crippen LogP contribution is 2.35. The van der Waals surface area contributed by atoms with E-state index in [1.54, 1.807) is 0 Å². The molecule has 0 aliphatic rings. The lowest BCUT2D eigenvalue weighted by Crippen LogP contribution is -2.29. The van der Waals surface area contributed by atoms with Crippen molar-refractivity contribution in [2.24, 2.45) is 0 Å². The summed E-state index contributed by atoms with van der Waals surface area (Å²) in [6.45, 7) is 3.62. The van der Waals surface area contributed by atoms with Gasteiger partial charge in [-0.2, -0.15) is 0 Å². The predicted octanol–water partition coefficient (Wildman–Crippen LogP) is 8.95. The quantitative estimate of drug-likeness (QED) is 0.0482. The molecule has 9 heteroatoms. The molecule has 0 aromatic heterocycles. The largest absolute Gasteiger partial charge is 0.469 e. The highest BCUT2D eigenvalue weighted by molar-refractivity contribution is 7.46. The van der Waals surface area contributed by atoms with Gasteiger partial charge in [0.2, 0.25) is 0 Å². The zero-order valence-corrected chi connectivity index (χ0v) is 26.6. The topological polar surface area (TPSA) is 119 Å². The van der Waals surface area contributed by atoms with Gasteiger partial charge in [0.1, 0.15) is 6.61 Å². The summed E-state index contributed by atoms with van der Waals surface area (Å²) in [5, 5.41) is 0. The van der Waals surface area contributed by atoms with E-state index in [0.29, 0.717) is 6.42 Å². The first-order valence-corrected chi connectivity index (χ1v) is 17.9. The van der Waals surface area contributed by atoms with Crippen LogP contribution in [0.15, 0.2) is 0 Å². The fourth-order valence-corrected chi connectivity index (χ4v) is 5.03. The first-order valence-electron chi connectivity index (χ1n) is 16.3. The van der Waals surface area contributed by atoms with E-state index in [4.69, 9.17) is 19.3 Å². The number of rotatable bonds is 30. The van der Waals surface area contributed by atoms with Crippen LogP contribution in [0.3, 0.4) is 0 Å². The molecule has 0 spiro atoms. The molecular weight excluding hydrogens is 531 g/mol. The van der Waals surface area contributed by atoms with E-state index in [0.717, 1.165) is 38.5 Å². The van der Waals surface area contributed by atoms with E-state index in [-0.39, 0.29) is 19.4 Å². The normalized spacial score (nSPS) is 12.4. The van der Waals surface area contributed by atoms with Crippen LogP contribution in [0.1, 0.15) is 168 Å². The Morgan fingerprint density at radius 3 is 1.27 bits per heavy atom. The minimum Gasteiger partial charge on any atom is -0.462 e. The van der Waals surface area contributed by atoms with Crippen molar-refractivity contribution in [3.8, 4) is 0 Å². The molecule has 0 rings (SSSR count). The summed E-state index contributed by atoms with van der Waals surface area (Å²) in [5.41, 5.74) is 0. The lowest BCUT2D eigenvalue weighted by atomic mass is 10.0. The Balaban J connectivity index is 3.91. The summed E-state index contributed by atoms with van der Waals surface area (Å²) in [5.74, 6) is -0.884. The monoisotopic (exact) mass is 592 g/mol. The Hall–Kier alpha value is -0.950. The molecule has 0 heterocycles. The van der Waals surface area contributed by atoms with Crippen LogP contribution >= 0.6 is 7.82 Å². The molecule has 0 bridgehead atoms. The van der Waals surface area contributed by atoms with Crippen molar-refractivity contribution in [1.82, 2.24) is 0 Å². The predicted molar refractivity (Wildman–Crippen MR) is 161 cm³/mol. The highest BCUT2D eigenvalue weighted by atomic mass is 31.2. The first-order chi connectivity index (χ1) is 19.3. The maximum absolute atomic E-state index is 12.2. The number of esters is 2. The number of phosphoric ester groups is 1. The third-order valence-corrected chi connectivity index (χ3v) is 7.61. The van der Waals surface area contributed by atoms with E-state index >= 15 is 0 Å². The van der Waals surface area contributed by atoms with Crippen LogP contribution in [0.2, 0.25) is 0 Å². The van der Waals surface area contributed by atoms with Gasteiger partial charge in [-0.3, -0.25) is 14.1 Å². The van der Waals surface area contributed by atoms with Crippen LogP contribution in [-0.4, -0.2) is 41.0 Å². The summed E-state index contributed by atoms with van der Waals surface area (Å²) in [4.78, 5) is 42.3. The summed E-state index contributed by atoms with van der Waals surface area (Å²) in [7, 11) is -4.73. The molecule has 0 unspecified atom stereocenters. The zero-order chi connectivity index (χ0) is 29.7. The number of hydrogen-bond acceptors (Lipinski definition) is 6. The molecule has 0 aliphatic heterocycles. The van der Waals surface area contributed by atoms with Crippen molar-refractivity contribution in [2.45, 2.75) is 174 Å². The molecule has 0 aliphatic carbocycles. The summed E-state index contributed by atoms with van der Waals surface area (Å²) in [6, 6.07) is 0. The molecule has 238 valence electrons. The van der Waals surface area contributed by atoms with Gasteiger partial charge in [-0.25, -0.2) is 4.57 Å². The van der Waals surface area contributed by atoms with E-state index in [1.807, 2.05) is 0 Å². The number of ether oxygens (including phenoxy) is 2. The average molecular weight is 593 g/mol. The number of phosphoric acid groups is 1. The van der Waals surface area contributed by atoms with Crippen molar-refractivity contribution in [3.63, 3.8) is 0 Å². The molecule has 0 radical (unpaired) electrons. The Kier molecular flexibility index (Phi) is 27.5. The van der Waals surface area contributed by atoms with Crippen molar-refractivity contribution in [2.75, 3.05) is 13.2 Å². The van der Waals surface area contributed by atoms with Gasteiger partial charge in [0, 0.05) is 12.8 Å². The second-order valence-corrected chi connectivity index (χ2v) is 12.4. The molecule has 8 nitrogen and oxygen atoms in total. The van der Waals surface area contributed by atoms with E-state index < -0.39 is 32.5 Å². The van der Waals surface area contributed by atoms with Crippen LogP contribution < -0.4 is 0 Å². The van der Waals surface area contributed by atoms with E-state index in [1.165, 1.54) is 96.3 Å². The summed E-state index contributed by atoms with van der Waals surface area (Å²) >= 11 is 0. The average Bonchev–Trinajstić information content (AvgIpc) is 2.91. The third-order valence-electron chi connectivity index (χ3n) is 7.13. The molecule has 0 fully saturated rings. The summed E-state index contributed by atoms with van der Waals surface area (Å²) in [6.07, 6.45) is 25.6. The standard InChI is InChI=1S/C31H61O8P/c1-3-5-7-9-11-12-13-14-15-16-17-18-20-21-23-25-30(32)37-27-29(28-38-40(34,35)36)39-31(33)26-24-22-19-10-8-6-4-2/h29H,3-28H2,1-2H3,(H2,34,35,36)/t29-/m1/s1. The number of hydrogen-bond donors (Lipinski definition) is 2. The van der Waals surface area contributed by atoms with Gasteiger partial charge in [-0.1, -0.05) is 142 Å². The van der Waals surface area contributed by atoms with Gasteiger partial charge in [0.05, 0.1) is 6.61 Å². The molecule has 0 saturated carbocycles. The first kappa shape index (κ1) is 39.0. The van der Waals surface area contributed by atoms with Crippen LogP contribution in [0.25, 0.3) is 0 Å². The van der Waals surface area contributed by atoms with Gasteiger partial charge < -0.3 is 19.3 Å². The highest BCUT2D eigenvalue weighted by Gasteiger charge is 2.22. The van der Waals surface area contributed by atoms with Gasteiger partial charge in [-0.15, -0.1) is 0 Å². The van der Waals surface area contributed by atoms with Crippen molar-refractivity contribution in [1.29, 1.82) is 0 Å². The number of carbonyl (C=O) groups is 2. The minimum atomic E-state index is -4.73. The van der Waals surface area contributed by atoms with Crippen LogP contribution in [0, 0.1) is 0 Å². The molecule has 0 aromatic carbocycles. The number of unbranched alkanes of at least 4 members (excludes halogenated alkanes) is 20. The van der Waals surface area contributed by atoms with E-state index in [9.17, 15) is 14.2 Å². The fraction of sp³-hybridized carbons (Fsp3) is 0.935. The molecule has 2 N–H and O–H groups in total. The molecular formula is C31H61O8P. The zero-order valence-electron chi connectivity index (χ0n) is 25.8. The molecule has 40 heavy (non-hydrogen) atoms. The van der Waals surface area contributed by atoms with Gasteiger partial charge in [0.25, 0.3) is 0 Å². The SMILES string of the molecule is CCCCCCCCCCCCCCCCCC(=O)OC[C@H](COP(=O)(O)O)OC(=O)CCCCCCCCC. The van der Waals surface area contributed by atoms with Gasteiger partial charge >= 0.3 is 19.8 Å². The molecule has 0 saturated heterocycles.